The Bertz CT molecular complexity index is 527. The summed E-state index contributed by atoms with van der Waals surface area (Å²) in [6.07, 6.45) is 3.60. The van der Waals surface area contributed by atoms with E-state index in [1.165, 1.54) is 13.0 Å². The quantitative estimate of drug-likeness (QED) is 0.578. The van der Waals surface area contributed by atoms with Gasteiger partial charge >= 0.3 is 0 Å². The van der Waals surface area contributed by atoms with E-state index in [0.717, 1.165) is 0 Å². The van der Waals surface area contributed by atoms with Gasteiger partial charge in [0.15, 0.2) is 17.3 Å². The molecular weight excluding hydrogens is 220 g/mol. The lowest BCUT2D eigenvalue weighted by molar-refractivity contribution is 0.101. The monoisotopic (exact) mass is 234 g/mol. The molecule has 2 rings (SSSR count). The number of benzene rings is 1. The zero-order chi connectivity index (χ0) is 12.8. The van der Waals surface area contributed by atoms with Gasteiger partial charge in [-0.25, -0.2) is 0 Å². The number of carbonyl (C=O) groups is 1. The summed E-state index contributed by atoms with van der Waals surface area (Å²) in [5, 5.41) is 19.6. The molecule has 17 heavy (non-hydrogen) atoms. The number of ether oxygens (including phenoxy) is 1. The number of rotatable bonds is 1. The van der Waals surface area contributed by atoms with Gasteiger partial charge in [-0.3, -0.25) is 4.79 Å². The first-order valence-electron chi connectivity index (χ1n) is 5.30. The van der Waals surface area contributed by atoms with Crippen molar-refractivity contribution < 1.29 is 19.7 Å². The molecule has 0 radical (unpaired) electrons. The molecular formula is C13H14O4. The van der Waals surface area contributed by atoms with Gasteiger partial charge in [0.1, 0.15) is 5.60 Å². The SMILES string of the molecule is CC(=O)c1cc2c(c(O)c1O)OC(C)(C)C=C2. The van der Waals surface area contributed by atoms with E-state index in [1.807, 2.05) is 19.9 Å². The summed E-state index contributed by atoms with van der Waals surface area (Å²) < 4.78 is 5.56. The van der Waals surface area contributed by atoms with Crippen molar-refractivity contribution in [1.82, 2.24) is 0 Å². The van der Waals surface area contributed by atoms with Gasteiger partial charge in [-0.2, -0.15) is 0 Å². The summed E-state index contributed by atoms with van der Waals surface area (Å²) in [6.45, 7) is 5.00. The minimum absolute atomic E-state index is 0.0919. The Hall–Kier alpha value is -1.97. The van der Waals surface area contributed by atoms with Crippen LogP contribution in [0.1, 0.15) is 36.7 Å². The number of phenolic OH excluding ortho intramolecular Hbond substituents is 2. The van der Waals surface area contributed by atoms with Crippen molar-refractivity contribution in [1.29, 1.82) is 0 Å². The van der Waals surface area contributed by atoms with Crippen molar-refractivity contribution in [2.75, 3.05) is 0 Å². The van der Waals surface area contributed by atoms with E-state index in [1.54, 1.807) is 6.08 Å². The third-order valence-corrected chi connectivity index (χ3v) is 2.67. The van der Waals surface area contributed by atoms with Crippen LogP contribution in [0.4, 0.5) is 0 Å². The van der Waals surface area contributed by atoms with Crippen LogP contribution in [0.3, 0.4) is 0 Å². The fourth-order valence-corrected chi connectivity index (χ4v) is 1.75. The number of ketones is 1. The van der Waals surface area contributed by atoms with E-state index in [-0.39, 0.29) is 22.8 Å². The zero-order valence-electron chi connectivity index (χ0n) is 9.94. The first-order valence-corrected chi connectivity index (χ1v) is 5.30. The van der Waals surface area contributed by atoms with Crippen LogP contribution >= 0.6 is 0 Å². The van der Waals surface area contributed by atoms with Crippen LogP contribution in [-0.2, 0) is 0 Å². The van der Waals surface area contributed by atoms with Crippen molar-refractivity contribution in [2.24, 2.45) is 0 Å². The Morgan fingerprint density at radius 2 is 1.94 bits per heavy atom. The van der Waals surface area contributed by atoms with Gasteiger partial charge in [0.2, 0.25) is 5.75 Å². The van der Waals surface area contributed by atoms with Crippen molar-refractivity contribution in [3.8, 4) is 17.2 Å². The molecule has 1 heterocycles. The number of phenols is 2. The minimum atomic E-state index is -0.547. The van der Waals surface area contributed by atoms with Gasteiger partial charge in [0, 0.05) is 5.56 Å². The Balaban J connectivity index is 2.66. The summed E-state index contributed by atoms with van der Waals surface area (Å²) in [5.74, 6) is -0.911. The summed E-state index contributed by atoms with van der Waals surface area (Å²) >= 11 is 0. The van der Waals surface area contributed by atoms with Crippen LogP contribution in [0, 0.1) is 0 Å². The van der Waals surface area contributed by atoms with Crippen molar-refractivity contribution in [3.63, 3.8) is 0 Å². The lowest BCUT2D eigenvalue weighted by Crippen LogP contribution is -2.27. The molecule has 4 heteroatoms. The lowest BCUT2D eigenvalue weighted by atomic mass is 9.98. The normalized spacial score (nSPS) is 16.2. The van der Waals surface area contributed by atoms with E-state index >= 15 is 0 Å². The fraction of sp³-hybridized carbons (Fsp3) is 0.308. The molecule has 2 N–H and O–H groups in total. The molecule has 0 spiro atoms. The van der Waals surface area contributed by atoms with E-state index in [9.17, 15) is 15.0 Å². The minimum Gasteiger partial charge on any atom is -0.504 e. The van der Waals surface area contributed by atoms with Crippen molar-refractivity contribution >= 4 is 11.9 Å². The molecule has 0 unspecified atom stereocenters. The van der Waals surface area contributed by atoms with Gasteiger partial charge in [-0.1, -0.05) is 6.08 Å². The summed E-state index contributed by atoms with van der Waals surface area (Å²) in [4.78, 5) is 11.3. The molecule has 0 bridgehead atoms. The molecule has 0 atom stereocenters. The van der Waals surface area contributed by atoms with Gasteiger partial charge in [0.25, 0.3) is 0 Å². The highest BCUT2D eigenvalue weighted by Crippen LogP contribution is 2.45. The van der Waals surface area contributed by atoms with Gasteiger partial charge in [-0.05, 0) is 32.9 Å². The fourth-order valence-electron chi connectivity index (χ4n) is 1.75. The van der Waals surface area contributed by atoms with E-state index in [0.29, 0.717) is 5.56 Å². The van der Waals surface area contributed by atoms with E-state index < -0.39 is 11.4 Å². The number of Topliss-reactive ketones (excluding diaryl/α,β-unsaturated/α-hetero) is 1. The van der Waals surface area contributed by atoms with Crippen LogP contribution in [0.25, 0.3) is 6.08 Å². The second-order valence-electron chi connectivity index (χ2n) is 4.63. The molecule has 1 aliphatic rings. The summed E-state index contributed by atoms with van der Waals surface area (Å²) in [7, 11) is 0. The highest BCUT2D eigenvalue weighted by atomic mass is 16.5. The second kappa shape index (κ2) is 3.52. The Kier molecular flexibility index (Phi) is 2.38. The van der Waals surface area contributed by atoms with Crippen LogP contribution in [0.15, 0.2) is 12.1 Å². The molecule has 4 nitrogen and oxygen atoms in total. The van der Waals surface area contributed by atoms with E-state index in [4.69, 9.17) is 4.74 Å². The summed E-state index contributed by atoms with van der Waals surface area (Å²) in [6, 6.07) is 1.51. The Morgan fingerprint density at radius 1 is 1.29 bits per heavy atom. The Labute approximate surface area is 99.2 Å². The standard InChI is InChI=1S/C13H14O4/c1-7(14)9-6-8-4-5-13(2,3)17-12(8)11(16)10(9)15/h4-6,15-16H,1-3H3. The van der Waals surface area contributed by atoms with Crippen molar-refractivity contribution in [3.05, 3.63) is 23.3 Å². The zero-order valence-corrected chi connectivity index (χ0v) is 9.94. The van der Waals surface area contributed by atoms with Crippen LogP contribution in [0.2, 0.25) is 0 Å². The average molecular weight is 234 g/mol. The number of carbonyl (C=O) groups excluding carboxylic acids is 1. The number of fused-ring (bicyclic) bond motifs is 1. The van der Waals surface area contributed by atoms with Gasteiger partial charge < -0.3 is 14.9 Å². The van der Waals surface area contributed by atoms with Gasteiger partial charge in [-0.15, -0.1) is 0 Å². The molecule has 90 valence electrons. The predicted octanol–water partition coefficient (Wildman–Crippen LogP) is 2.48. The number of hydrogen-bond acceptors (Lipinski definition) is 4. The van der Waals surface area contributed by atoms with E-state index in [2.05, 4.69) is 0 Å². The highest BCUT2D eigenvalue weighted by Gasteiger charge is 2.27. The number of hydrogen-bond donors (Lipinski definition) is 2. The molecule has 1 aromatic rings. The predicted molar refractivity (Wildman–Crippen MR) is 63.5 cm³/mol. The third-order valence-electron chi connectivity index (χ3n) is 2.67. The molecule has 0 saturated carbocycles. The topological polar surface area (TPSA) is 66.8 Å². The smallest absolute Gasteiger partial charge is 0.201 e. The molecule has 0 saturated heterocycles. The van der Waals surface area contributed by atoms with Crippen LogP contribution in [0.5, 0.6) is 17.2 Å². The molecule has 1 aromatic carbocycles. The maximum atomic E-state index is 11.3. The van der Waals surface area contributed by atoms with Crippen molar-refractivity contribution in [2.45, 2.75) is 26.4 Å². The Morgan fingerprint density at radius 3 is 2.53 bits per heavy atom. The molecule has 0 amide bonds. The maximum Gasteiger partial charge on any atom is 0.201 e. The molecule has 0 aromatic heterocycles. The first-order chi connectivity index (χ1) is 7.82. The maximum absolute atomic E-state index is 11.3. The molecule has 0 fully saturated rings. The summed E-state index contributed by atoms with van der Waals surface area (Å²) in [5.41, 5.74) is 0.133. The largest absolute Gasteiger partial charge is 0.504 e. The molecule has 1 aliphatic heterocycles. The third kappa shape index (κ3) is 1.86. The van der Waals surface area contributed by atoms with Gasteiger partial charge in [0.05, 0.1) is 5.56 Å². The second-order valence-corrected chi connectivity index (χ2v) is 4.63. The highest BCUT2D eigenvalue weighted by molar-refractivity contribution is 5.99. The number of aromatic hydroxyl groups is 2. The average Bonchev–Trinajstić information content (AvgIpc) is 2.23. The lowest BCUT2D eigenvalue weighted by Gasteiger charge is -2.28. The van der Waals surface area contributed by atoms with Crippen LogP contribution in [-0.4, -0.2) is 21.6 Å². The first kappa shape index (κ1) is 11.5. The molecule has 0 aliphatic carbocycles. The van der Waals surface area contributed by atoms with Crippen LogP contribution < -0.4 is 4.74 Å².